The standard InChI is InChI=1S/C10H15N3O2/c1-2-4-12-6-9(14)13-5-3-8(7-13)10(11)15/h1,8,12H,3-7H2,(H2,11,15). The summed E-state index contributed by atoms with van der Waals surface area (Å²) in [6, 6.07) is 0. The van der Waals surface area contributed by atoms with Gasteiger partial charge in [0.15, 0.2) is 0 Å². The quantitative estimate of drug-likeness (QED) is 0.439. The lowest BCUT2D eigenvalue weighted by Gasteiger charge is -2.15. The van der Waals surface area contributed by atoms with Crippen molar-refractivity contribution in [3.63, 3.8) is 0 Å². The van der Waals surface area contributed by atoms with Crippen LogP contribution in [0, 0.1) is 18.3 Å². The molecule has 1 heterocycles. The van der Waals surface area contributed by atoms with Crippen LogP contribution in [0.1, 0.15) is 6.42 Å². The molecule has 0 aromatic carbocycles. The summed E-state index contributed by atoms with van der Waals surface area (Å²) in [4.78, 5) is 24.0. The lowest BCUT2D eigenvalue weighted by molar-refractivity contribution is -0.129. The Kier molecular flexibility index (Phi) is 4.13. The van der Waals surface area contributed by atoms with Gasteiger partial charge in [-0.05, 0) is 6.42 Å². The first kappa shape index (κ1) is 11.5. The minimum absolute atomic E-state index is 0.0333. The van der Waals surface area contributed by atoms with Gasteiger partial charge < -0.3 is 10.6 Å². The van der Waals surface area contributed by atoms with Gasteiger partial charge in [-0.1, -0.05) is 5.92 Å². The van der Waals surface area contributed by atoms with E-state index in [9.17, 15) is 9.59 Å². The second kappa shape index (κ2) is 5.37. The summed E-state index contributed by atoms with van der Waals surface area (Å²) >= 11 is 0. The molecule has 3 N–H and O–H groups in total. The van der Waals surface area contributed by atoms with Gasteiger partial charge in [0.2, 0.25) is 11.8 Å². The average molecular weight is 209 g/mol. The summed E-state index contributed by atoms with van der Waals surface area (Å²) in [5, 5.41) is 2.81. The Morgan fingerprint density at radius 3 is 2.87 bits per heavy atom. The third-order valence-corrected chi connectivity index (χ3v) is 2.45. The molecule has 0 aromatic heterocycles. The van der Waals surface area contributed by atoms with Crippen LogP contribution in [0.2, 0.25) is 0 Å². The van der Waals surface area contributed by atoms with E-state index in [-0.39, 0.29) is 24.3 Å². The SMILES string of the molecule is C#CCNCC(=O)N1CCC(C(N)=O)C1. The smallest absolute Gasteiger partial charge is 0.236 e. The first-order valence-corrected chi connectivity index (χ1v) is 4.86. The predicted molar refractivity (Wildman–Crippen MR) is 55.6 cm³/mol. The largest absolute Gasteiger partial charge is 0.369 e. The number of nitrogens with two attached hydrogens (primary N) is 1. The monoisotopic (exact) mass is 209 g/mol. The highest BCUT2D eigenvalue weighted by atomic mass is 16.2. The van der Waals surface area contributed by atoms with Crippen LogP contribution in [0.5, 0.6) is 0 Å². The Hall–Kier alpha value is -1.54. The fraction of sp³-hybridized carbons (Fsp3) is 0.600. The predicted octanol–water partition coefficient (Wildman–Crippen LogP) is -1.46. The molecule has 1 fully saturated rings. The Morgan fingerprint density at radius 1 is 1.60 bits per heavy atom. The normalized spacial score (nSPS) is 19.9. The lowest BCUT2D eigenvalue weighted by atomic mass is 10.1. The van der Waals surface area contributed by atoms with Crippen LogP contribution in [0.15, 0.2) is 0 Å². The van der Waals surface area contributed by atoms with Gasteiger partial charge in [0, 0.05) is 13.1 Å². The number of likely N-dealkylation sites (tertiary alicyclic amines) is 1. The second-order valence-corrected chi connectivity index (χ2v) is 3.54. The topological polar surface area (TPSA) is 75.4 Å². The Labute approximate surface area is 89.0 Å². The zero-order chi connectivity index (χ0) is 11.3. The van der Waals surface area contributed by atoms with Crippen molar-refractivity contribution in [1.29, 1.82) is 0 Å². The molecule has 82 valence electrons. The maximum absolute atomic E-state index is 11.5. The molecule has 1 rings (SSSR count). The molecule has 2 amide bonds. The first-order valence-electron chi connectivity index (χ1n) is 4.86. The molecule has 1 saturated heterocycles. The number of nitrogens with zero attached hydrogens (tertiary/aromatic N) is 1. The van der Waals surface area contributed by atoms with E-state index in [2.05, 4.69) is 11.2 Å². The highest BCUT2D eigenvalue weighted by Crippen LogP contribution is 2.15. The molecule has 0 aliphatic carbocycles. The number of carbonyl (C=O) groups excluding carboxylic acids is 2. The van der Waals surface area contributed by atoms with Crippen LogP contribution in [-0.4, -0.2) is 42.9 Å². The summed E-state index contributed by atoms with van der Waals surface area (Å²) in [5.41, 5.74) is 5.16. The van der Waals surface area contributed by atoms with Crippen molar-refractivity contribution in [3.8, 4) is 12.3 Å². The summed E-state index contributed by atoms with van der Waals surface area (Å²) in [5.74, 6) is 1.83. The fourth-order valence-electron chi connectivity index (χ4n) is 1.57. The molecular formula is C10H15N3O2. The summed E-state index contributed by atoms with van der Waals surface area (Å²) in [6.07, 6.45) is 5.69. The number of terminal acetylenes is 1. The minimum atomic E-state index is -0.332. The van der Waals surface area contributed by atoms with Gasteiger partial charge in [0.05, 0.1) is 19.0 Å². The summed E-state index contributed by atoms with van der Waals surface area (Å²) < 4.78 is 0. The van der Waals surface area contributed by atoms with E-state index in [0.29, 0.717) is 26.1 Å². The van der Waals surface area contributed by atoms with E-state index >= 15 is 0 Å². The molecule has 5 nitrogen and oxygen atoms in total. The van der Waals surface area contributed by atoms with Crippen LogP contribution in [0.3, 0.4) is 0 Å². The summed E-state index contributed by atoms with van der Waals surface area (Å²) in [6.45, 7) is 1.63. The van der Waals surface area contributed by atoms with Crippen LogP contribution in [-0.2, 0) is 9.59 Å². The van der Waals surface area contributed by atoms with E-state index < -0.39 is 0 Å². The number of rotatable bonds is 4. The van der Waals surface area contributed by atoms with Crippen LogP contribution < -0.4 is 11.1 Å². The third-order valence-electron chi connectivity index (χ3n) is 2.45. The minimum Gasteiger partial charge on any atom is -0.369 e. The van der Waals surface area contributed by atoms with E-state index in [1.165, 1.54) is 0 Å². The Morgan fingerprint density at radius 2 is 2.33 bits per heavy atom. The van der Waals surface area contributed by atoms with Crippen LogP contribution in [0.4, 0.5) is 0 Å². The first-order chi connectivity index (χ1) is 7.15. The van der Waals surface area contributed by atoms with Gasteiger partial charge in [0.1, 0.15) is 0 Å². The van der Waals surface area contributed by atoms with Crippen LogP contribution >= 0.6 is 0 Å². The van der Waals surface area contributed by atoms with Crippen molar-refractivity contribution in [2.75, 3.05) is 26.2 Å². The van der Waals surface area contributed by atoms with Crippen molar-refractivity contribution >= 4 is 11.8 Å². The molecule has 0 aromatic rings. The van der Waals surface area contributed by atoms with Gasteiger partial charge in [-0.25, -0.2) is 0 Å². The molecule has 1 aliphatic heterocycles. The van der Waals surface area contributed by atoms with Crippen molar-refractivity contribution in [2.45, 2.75) is 6.42 Å². The van der Waals surface area contributed by atoms with E-state index in [1.54, 1.807) is 4.90 Å². The van der Waals surface area contributed by atoms with Crippen molar-refractivity contribution in [2.24, 2.45) is 11.7 Å². The zero-order valence-corrected chi connectivity index (χ0v) is 8.53. The Bertz CT molecular complexity index is 296. The number of hydrogen-bond donors (Lipinski definition) is 2. The third kappa shape index (κ3) is 3.26. The maximum Gasteiger partial charge on any atom is 0.236 e. The number of carbonyl (C=O) groups is 2. The van der Waals surface area contributed by atoms with Gasteiger partial charge in [-0.3, -0.25) is 14.9 Å². The Balaban J connectivity index is 2.31. The van der Waals surface area contributed by atoms with Crippen molar-refractivity contribution in [1.82, 2.24) is 10.2 Å². The summed E-state index contributed by atoms with van der Waals surface area (Å²) in [7, 11) is 0. The average Bonchev–Trinajstić information content (AvgIpc) is 2.66. The molecule has 0 bridgehead atoms. The van der Waals surface area contributed by atoms with E-state index in [1.807, 2.05) is 0 Å². The number of hydrogen-bond acceptors (Lipinski definition) is 3. The highest BCUT2D eigenvalue weighted by molar-refractivity contribution is 5.82. The maximum atomic E-state index is 11.5. The molecule has 15 heavy (non-hydrogen) atoms. The van der Waals surface area contributed by atoms with Gasteiger partial charge >= 0.3 is 0 Å². The number of nitrogens with one attached hydrogen (secondary N) is 1. The van der Waals surface area contributed by atoms with Crippen molar-refractivity contribution < 1.29 is 9.59 Å². The van der Waals surface area contributed by atoms with Crippen LogP contribution in [0.25, 0.3) is 0 Å². The number of amides is 2. The van der Waals surface area contributed by atoms with Gasteiger partial charge in [-0.2, -0.15) is 0 Å². The molecular weight excluding hydrogens is 194 g/mol. The van der Waals surface area contributed by atoms with Gasteiger partial charge in [0.25, 0.3) is 0 Å². The fourth-order valence-corrected chi connectivity index (χ4v) is 1.57. The van der Waals surface area contributed by atoms with Gasteiger partial charge in [-0.15, -0.1) is 6.42 Å². The number of primary amides is 1. The van der Waals surface area contributed by atoms with E-state index in [0.717, 1.165) is 0 Å². The zero-order valence-electron chi connectivity index (χ0n) is 8.53. The lowest BCUT2D eigenvalue weighted by Crippen LogP contribution is -2.37. The molecule has 0 spiro atoms. The molecule has 0 saturated carbocycles. The molecule has 5 heteroatoms. The molecule has 0 radical (unpaired) electrons. The molecule has 1 atom stereocenters. The molecule has 1 unspecified atom stereocenters. The second-order valence-electron chi connectivity index (χ2n) is 3.54. The van der Waals surface area contributed by atoms with E-state index in [4.69, 9.17) is 12.2 Å². The molecule has 1 aliphatic rings. The highest BCUT2D eigenvalue weighted by Gasteiger charge is 2.28. The van der Waals surface area contributed by atoms with Crippen molar-refractivity contribution in [3.05, 3.63) is 0 Å².